The number of benzene rings is 3. The van der Waals surface area contributed by atoms with Crippen LogP contribution in [-0.2, 0) is 19.4 Å². The molecule has 1 unspecified atom stereocenters. The summed E-state index contributed by atoms with van der Waals surface area (Å²) in [6.45, 7) is 9.73. The Morgan fingerprint density at radius 3 is 2.08 bits per heavy atom. The summed E-state index contributed by atoms with van der Waals surface area (Å²) in [5, 5.41) is 0. The van der Waals surface area contributed by atoms with Crippen LogP contribution in [0, 0.1) is 5.82 Å². The zero-order chi connectivity index (χ0) is 28.5. The third-order valence-corrected chi connectivity index (χ3v) is 7.40. The van der Waals surface area contributed by atoms with Crippen molar-refractivity contribution in [3.05, 3.63) is 70.5 Å². The monoisotopic (exact) mass is 557 g/mol. The second-order valence-electron chi connectivity index (χ2n) is 8.55. The van der Waals surface area contributed by atoms with E-state index >= 15 is 0 Å². The molecule has 39 heavy (non-hydrogen) atoms. The van der Waals surface area contributed by atoms with Gasteiger partial charge in [-0.2, -0.15) is 0 Å². The van der Waals surface area contributed by atoms with Gasteiger partial charge in [0.15, 0.2) is 23.0 Å². The largest absolute Gasteiger partial charge is 0.493 e. The van der Waals surface area contributed by atoms with Gasteiger partial charge in [0, 0.05) is 24.7 Å². The lowest BCUT2D eigenvalue weighted by Crippen LogP contribution is -2.39. The fraction of sp³-hybridized carbons (Fsp3) is 0.419. The highest BCUT2D eigenvalue weighted by atomic mass is 32.2. The Balaban J connectivity index is 0.00000100. The number of hydrogen-bond donors (Lipinski definition) is 0. The van der Waals surface area contributed by atoms with E-state index in [4.69, 9.17) is 23.1 Å². The van der Waals surface area contributed by atoms with E-state index in [2.05, 4.69) is 11.0 Å². The molecule has 2 heterocycles. The maximum atomic E-state index is 13.6. The molecular formula is C31H40FNO5S. The zero-order valence-electron chi connectivity index (χ0n) is 24.2. The molecule has 0 saturated carbocycles. The SMILES string of the molecule is CC.CC.COc1cc2c(cc1OSc1cccc(F)c1)CC1c3c(cc(OC)c(OC)c3OC)CCN1C2. The first-order chi connectivity index (χ1) is 19.1. The quantitative estimate of drug-likeness (QED) is 0.277. The van der Waals surface area contributed by atoms with Crippen LogP contribution in [0.1, 0.15) is 56.0 Å². The molecule has 3 aromatic carbocycles. The van der Waals surface area contributed by atoms with Gasteiger partial charge in [-0.3, -0.25) is 4.90 Å². The van der Waals surface area contributed by atoms with E-state index in [-0.39, 0.29) is 11.9 Å². The van der Waals surface area contributed by atoms with E-state index in [1.54, 1.807) is 34.5 Å². The van der Waals surface area contributed by atoms with Gasteiger partial charge in [-0.05, 0) is 65.9 Å². The molecule has 2 aliphatic rings. The van der Waals surface area contributed by atoms with Crippen LogP contribution in [-0.4, -0.2) is 39.9 Å². The minimum atomic E-state index is -0.298. The van der Waals surface area contributed by atoms with Gasteiger partial charge < -0.3 is 23.1 Å². The number of rotatable bonds is 7. The second-order valence-corrected chi connectivity index (χ2v) is 9.36. The molecule has 3 aromatic rings. The molecular weight excluding hydrogens is 517 g/mol. The van der Waals surface area contributed by atoms with Gasteiger partial charge in [-0.25, -0.2) is 4.39 Å². The Labute approximate surface area is 236 Å². The molecule has 0 N–H and O–H groups in total. The van der Waals surface area contributed by atoms with Gasteiger partial charge in [0.1, 0.15) is 5.82 Å². The molecule has 0 radical (unpaired) electrons. The fourth-order valence-corrected chi connectivity index (χ4v) is 5.68. The van der Waals surface area contributed by atoms with Crippen molar-refractivity contribution < 1.29 is 27.5 Å². The summed E-state index contributed by atoms with van der Waals surface area (Å²) in [6, 6.07) is 12.6. The number of methoxy groups -OCH3 is 4. The van der Waals surface area contributed by atoms with Gasteiger partial charge in [-0.1, -0.05) is 33.8 Å². The van der Waals surface area contributed by atoms with Crippen molar-refractivity contribution in [1.82, 2.24) is 4.90 Å². The topological polar surface area (TPSA) is 49.4 Å². The minimum Gasteiger partial charge on any atom is -0.493 e. The molecule has 1 atom stereocenters. The van der Waals surface area contributed by atoms with Crippen LogP contribution in [0.5, 0.6) is 28.7 Å². The van der Waals surface area contributed by atoms with Crippen LogP contribution in [0.3, 0.4) is 0 Å². The average molecular weight is 558 g/mol. The maximum Gasteiger partial charge on any atom is 0.203 e. The highest BCUT2D eigenvalue weighted by molar-refractivity contribution is 7.95. The van der Waals surface area contributed by atoms with Crippen LogP contribution in [0.15, 0.2) is 47.4 Å². The Hall–Kier alpha value is -3.10. The van der Waals surface area contributed by atoms with Crippen LogP contribution in [0.25, 0.3) is 0 Å². The predicted octanol–water partition coefficient (Wildman–Crippen LogP) is 7.65. The Bertz CT molecular complexity index is 1250. The molecule has 0 bridgehead atoms. The number of halogens is 1. The molecule has 0 saturated heterocycles. The molecule has 6 nitrogen and oxygen atoms in total. The van der Waals surface area contributed by atoms with Crippen molar-refractivity contribution in [3.63, 3.8) is 0 Å². The lowest BCUT2D eigenvalue weighted by molar-refractivity contribution is 0.155. The van der Waals surface area contributed by atoms with Gasteiger partial charge >= 0.3 is 0 Å². The number of fused-ring (bicyclic) bond motifs is 4. The third-order valence-electron chi connectivity index (χ3n) is 6.69. The molecule has 0 aromatic heterocycles. The standard InChI is InChI=1S/C27H28FNO5S.2C2H6/c1-30-22-13-18-15-29-9-8-16-11-24(31-2)26(32-3)27(33-4)25(16)21(29)10-17(18)12-23(22)34-35-20-7-5-6-19(28)14-20;2*1-2/h5-7,11-14,21H,8-10,15H2,1-4H3;2*1-2H3. The van der Waals surface area contributed by atoms with Crippen LogP contribution < -0.4 is 23.1 Å². The first-order valence-electron chi connectivity index (χ1n) is 13.4. The Morgan fingerprint density at radius 1 is 0.769 bits per heavy atom. The molecule has 0 amide bonds. The average Bonchev–Trinajstić information content (AvgIpc) is 2.99. The maximum absolute atomic E-state index is 13.6. The predicted molar refractivity (Wildman–Crippen MR) is 155 cm³/mol. The summed E-state index contributed by atoms with van der Waals surface area (Å²) in [5.74, 6) is 3.01. The van der Waals surface area contributed by atoms with Crippen molar-refractivity contribution in [2.24, 2.45) is 0 Å². The summed E-state index contributed by atoms with van der Waals surface area (Å²) in [5.41, 5.74) is 4.76. The molecule has 0 aliphatic carbocycles. The first-order valence-corrected chi connectivity index (χ1v) is 14.2. The smallest absolute Gasteiger partial charge is 0.203 e. The summed E-state index contributed by atoms with van der Waals surface area (Å²) < 4.78 is 42.3. The summed E-state index contributed by atoms with van der Waals surface area (Å²) in [7, 11) is 6.59. The molecule has 212 valence electrons. The van der Waals surface area contributed by atoms with Gasteiger partial charge in [0.05, 0.1) is 45.4 Å². The lowest BCUT2D eigenvalue weighted by Gasteiger charge is -2.42. The molecule has 8 heteroatoms. The normalized spacial score (nSPS) is 15.2. The summed E-state index contributed by atoms with van der Waals surface area (Å²) in [6.07, 6.45) is 1.69. The number of ether oxygens (including phenoxy) is 4. The molecule has 0 spiro atoms. The van der Waals surface area contributed by atoms with E-state index in [9.17, 15) is 4.39 Å². The summed E-state index contributed by atoms with van der Waals surface area (Å²) in [4.78, 5) is 3.16. The first kappa shape index (κ1) is 30.4. The van der Waals surface area contributed by atoms with Gasteiger partial charge in [0.2, 0.25) is 5.75 Å². The summed E-state index contributed by atoms with van der Waals surface area (Å²) >= 11 is 1.11. The highest BCUT2D eigenvalue weighted by Crippen LogP contribution is 2.50. The van der Waals surface area contributed by atoms with Crippen molar-refractivity contribution >= 4 is 12.0 Å². The van der Waals surface area contributed by atoms with Crippen LogP contribution in [0.2, 0.25) is 0 Å². The van der Waals surface area contributed by atoms with E-state index in [0.29, 0.717) is 27.9 Å². The van der Waals surface area contributed by atoms with Crippen molar-refractivity contribution in [1.29, 1.82) is 0 Å². The van der Waals surface area contributed by atoms with Gasteiger partial charge in [0.25, 0.3) is 0 Å². The Kier molecular flexibility index (Phi) is 11.2. The Morgan fingerprint density at radius 2 is 1.44 bits per heavy atom. The third kappa shape index (κ3) is 6.39. The van der Waals surface area contributed by atoms with Crippen LogP contribution >= 0.6 is 12.0 Å². The highest BCUT2D eigenvalue weighted by Gasteiger charge is 2.37. The van der Waals surface area contributed by atoms with E-state index in [1.807, 2.05) is 45.9 Å². The second kappa shape index (κ2) is 14.3. The number of nitrogens with zero attached hydrogens (tertiary/aromatic N) is 1. The lowest BCUT2D eigenvalue weighted by atomic mass is 9.83. The van der Waals surface area contributed by atoms with Gasteiger partial charge in [-0.15, -0.1) is 0 Å². The molecule has 5 rings (SSSR count). The van der Waals surface area contributed by atoms with Crippen LogP contribution in [0.4, 0.5) is 4.39 Å². The molecule has 2 aliphatic heterocycles. The van der Waals surface area contributed by atoms with Crippen molar-refractivity contribution in [3.8, 4) is 28.7 Å². The van der Waals surface area contributed by atoms with E-state index in [1.165, 1.54) is 28.8 Å². The minimum absolute atomic E-state index is 0.137. The number of hydrogen-bond acceptors (Lipinski definition) is 7. The fourth-order valence-electron chi connectivity index (χ4n) is 5.07. The molecule has 0 fully saturated rings. The van der Waals surface area contributed by atoms with Crippen molar-refractivity contribution in [2.45, 2.75) is 58.0 Å². The van der Waals surface area contributed by atoms with E-state index < -0.39 is 0 Å². The van der Waals surface area contributed by atoms with Crippen molar-refractivity contribution in [2.75, 3.05) is 35.0 Å². The zero-order valence-corrected chi connectivity index (χ0v) is 25.0. The van der Waals surface area contributed by atoms with E-state index in [0.717, 1.165) is 49.3 Å².